The number of amides is 2. The van der Waals surface area contributed by atoms with E-state index in [9.17, 15) is 9.90 Å². The standard InChI is InChI=1S/C18H25N5O2/c1-14-15(13-20-21-14)5-4-8-19-18(25)23-11-9-22(10-12-23)16-6-2-3-7-17(16)24/h2-3,6-7,13,24H,4-5,8-12H2,1H3,(H,19,25)(H,20,21). The molecule has 2 amide bonds. The minimum atomic E-state index is -0.0131. The van der Waals surface area contributed by atoms with Crippen LogP contribution in [0.3, 0.4) is 0 Å². The second-order valence-electron chi connectivity index (χ2n) is 6.32. The smallest absolute Gasteiger partial charge is 0.317 e. The monoisotopic (exact) mass is 343 g/mol. The minimum absolute atomic E-state index is 0.0131. The second kappa shape index (κ2) is 7.92. The van der Waals surface area contributed by atoms with Crippen LogP contribution in [0, 0.1) is 6.92 Å². The van der Waals surface area contributed by atoms with Crippen molar-refractivity contribution in [2.24, 2.45) is 0 Å². The van der Waals surface area contributed by atoms with Crippen LogP contribution >= 0.6 is 0 Å². The number of aromatic hydroxyl groups is 1. The van der Waals surface area contributed by atoms with Gasteiger partial charge in [0, 0.05) is 38.4 Å². The van der Waals surface area contributed by atoms with Crippen molar-refractivity contribution in [1.29, 1.82) is 0 Å². The third-order valence-corrected chi connectivity index (χ3v) is 4.62. The number of H-pyrrole nitrogens is 1. The summed E-state index contributed by atoms with van der Waals surface area (Å²) in [4.78, 5) is 16.2. The van der Waals surface area contributed by atoms with Crippen molar-refractivity contribution >= 4 is 11.7 Å². The van der Waals surface area contributed by atoms with E-state index in [1.54, 1.807) is 6.07 Å². The average molecular weight is 343 g/mol. The summed E-state index contributed by atoms with van der Waals surface area (Å²) in [5, 5.41) is 19.9. The molecular formula is C18H25N5O2. The number of aryl methyl sites for hydroxylation is 2. The Morgan fingerprint density at radius 2 is 2.04 bits per heavy atom. The quantitative estimate of drug-likeness (QED) is 0.724. The lowest BCUT2D eigenvalue weighted by Gasteiger charge is -2.36. The number of hydrogen-bond donors (Lipinski definition) is 3. The number of benzene rings is 1. The van der Waals surface area contributed by atoms with Gasteiger partial charge < -0.3 is 20.2 Å². The molecule has 0 atom stereocenters. The Morgan fingerprint density at radius 3 is 2.72 bits per heavy atom. The zero-order valence-electron chi connectivity index (χ0n) is 14.5. The summed E-state index contributed by atoms with van der Waals surface area (Å²) >= 11 is 0. The fraction of sp³-hybridized carbons (Fsp3) is 0.444. The third kappa shape index (κ3) is 4.23. The molecule has 0 spiro atoms. The van der Waals surface area contributed by atoms with Crippen LogP contribution in [-0.2, 0) is 6.42 Å². The van der Waals surface area contributed by atoms with Gasteiger partial charge in [0.05, 0.1) is 11.9 Å². The molecule has 25 heavy (non-hydrogen) atoms. The van der Waals surface area contributed by atoms with Crippen LogP contribution in [0.4, 0.5) is 10.5 Å². The van der Waals surface area contributed by atoms with Gasteiger partial charge in [0.2, 0.25) is 0 Å². The van der Waals surface area contributed by atoms with Crippen molar-refractivity contribution in [3.8, 4) is 5.75 Å². The summed E-state index contributed by atoms with van der Waals surface area (Å²) in [6.07, 6.45) is 3.64. The van der Waals surface area contributed by atoms with E-state index in [1.807, 2.05) is 36.2 Å². The Morgan fingerprint density at radius 1 is 1.28 bits per heavy atom. The van der Waals surface area contributed by atoms with Gasteiger partial charge in [-0.15, -0.1) is 0 Å². The average Bonchev–Trinajstić information content (AvgIpc) is 3.04. The Bertz CT molecular complexity index is 707. The lowest BCUT2D eigenvalue weighted by atomic mass is 10.1. The van der Waals surface area contributed by atoms with E-state index in [1.165, 1.54) is 5.56 Å². The number of anilines is 1. The fourth-order valence-corrected chi connectivity index (χ4v) is 3.10. The van der Waals surface area contributed by atoms with Crippen molar-refractivity contribution in [1.82, 2.24) is 20.4 Å². The second-order valence-corrected chi connectivity index (χ2v) is 6.32. The number of piperazine rings is 1. The Hall–Kier alpha value is -2.70. The molecule has 0 unspecified atom stereocenters. The highest BCUT2D eigenvalue weighted by Crippen LogP contribution is 2.27. The van der Waals surface area contributed by atoms with E-state index in [0.29, 0.717) is 19.6 Å². The third-order valence-electron chi connectivity index (χ3n) is 4.62. The first-order chi connectivity index (χ1) is 12.1. The van der Waals surface area contributed by atoms with E-state index in [-0.39, 0.29) is 11.8 Å². The highest BCUT2D eigenvalue weighted by Gasteiger charge is 2.22. The maximum absolute atomic E-state index is 12.3. The molecule has 0 aliphatic carbocycles. The molecule has 134 valence electrons. The van der Waals surface area contributed by atoms with E-state index in [2.05, 4.69) is 20.4 Å². The molecule has 0 radical (unpaired) electrons. The highest BCUT2D eigenvalue weighted by atomic mass is 16.3. The number of phenols is 1. The fourth-order valence-electron chi connectivity index (χ4n) is 3.10. The van der Waals surface area contributed by atoms with Crippen LogP contribution in [0.5, 0.6) is 5.75 Å². The van der Waals surface area contributed by atoms with Gasteiger partial charge in [0.15, 0.2) is 0 Å². The summed E-state index contributed by atoms with van der Waals surface area (Å²) in [7, 11) is 0. The number of rotatable bonds is 5. The molecule has 1 aliphatic rings. The van der Waals surface area contributed by atoms with Gasteiger partial charge in [0.25, 0.3) is 0 Å². The first kappa shape index (κ1) is 17.1. The molecule has 2 aromatic rings. The molecule has 2 heterocycles. The summed E-state index contributed by atoms with van der Waals surface area (Å²) < 4.78 is 0. The highest BCUT2D eigenvalue weighted by molar-refractivity contribution is 5.74. The van der Waals surface area contributed by atoms with E-state index < -0.39 is 0 Å². The normalized spacial score (nSPS) is 14.6. The Labute approximate surface area is 147 Å². The summed E-state index contributed by atoms with van der Waals surface area (Å²) in [6, 6.07) is 7.31. The number of para-hydroxylation sites is 2. The number of hydrogen-bond acceptors (Lipinski definition) is 4. The van der Waals surface area contributed by atoms with Gasteiger partial charge >= 0.3 is 6.03 Å². The number of aromatic amines is 1. The molecule has 1 fully saturated rings. The van der Waals surface area contributed by atoms with Crippen molar-refractivity contribution < 1.29 is 9.90 Å². The van der Waals surface area contributed by atoms with Crippen LogP contribution in [0.2, 0.25) is 0 Å². The van der Waals surface area contributed by atoms with Crippen molar-refractivity contribution in [3.63, 3.8) is 0 Å². The number of phenolic OH excluding ortho intramolecular Hbond substituents is 1. The van der Waals surface area contributed by atoms with Crippen LogP contribution in [-0.4, -0.2) is 59.0 Å². The first-order valence-corrected chi connectivity index (χ1v) is 8.69. The first-order valence-electron chi connectivity index (χ1n) is 8.69. The molecule has 1 aromatic carbocycles. The molecule has 3 rings (SSSR count). The maximum Gasteiger partial charge on any atom is 0.317 e. The van der Waals surface area contributed by atoms with Gasteiger partial charge in [-0.05, 0) is 37.5 Å². The SMILES string of the molecule is Cc1[nH]ncc1CCCNC(=O)N1CCN(c2ccccc2O)CC1. The largest absolute Gasteiger partial charge is 0.506 e. The van der Waals surface area contributed by atoms with Crippen molar-refractivity contribution in [2.75, 3.05) is 37.6 Å². The van der Waals surface area contributed by atoms with Gasteiger partial charge in [-0.3, -0.25) is 5.10 Å². The molecular weight excluding hydrogens is 318 g/mol. The molecule has 1 aliphatic heterocycles. The van der Waals surface area contributed by atoms with Crippen LogP contribution in [0.25, 0.3) is 0 Å². The molecule has 0 saturated carbocycles. The number of nitrogens with zero attached hydrogens (tertiary/aromatic N) is 3. The van der Waals surface area contributed by atoms with Crippen molar-refractivity contribution in [2.45, 2.75) is 19.8 Å². The maximum atomic E-state index is 12.3. The van der Waals surface area contributed by atoms with Crippen LogP contribution in [0.1, 0.15) is 17.7 Å². The van der Waals surface area contributed by atoms with Gasteiger partial charge in [-0.1, -0.05) is 12.1 Å². The lowest BCUT2D eigenvalue weighted by molar-refractivity contribution is 0.194. The lowest BCUT2D eigenvalue weighted by Crippen LogP contribution is -2.52. The molecule has 7 heteroatoms. The zero-order valence-corrected chi connectivity index (χ0v) is 14.5. The van der Waals surface area contributed by atoms with Crippen LogP contribution in [0.15, 0.2) is 30.5 Å². The number of nitrogens with one attached hydrogen (secondary N) is 2. The number of aromatic nitrogens is 2. The molecule has 0 bridgehead atoms. The molecule has 1 saturated heterocycles. The number of carbonyl (C=O) groups is 1. The van der Waals surface area contributed by atoms with Gasteiger partial charge in [-0.25, -0.2) is 4.79 Å². The number of urea groups is 1. The van der Waals surface area contributed by atoms with Gasteiger partial charge in [0.1, 0.15) is 5.75 Å². The minimum Gasteiger partial charge on any atom is -0.506 e. The van der Waals surface area contributed by atoms with Crippen molar-refractivity contribution in [3.05, 3.63) is 41.7 Å². The summed E-state index contributed by atoms with van der Waals surface area (Å²) in [5.74, 6) is 0.287. The molecule has 7 nitrogen and oxygen atoms in total. The molecule has 3 N–H and O–H groups in total. The predicted molar refractivity (Wildman–Crippen MR) is 96.9 cm³/mol. The zero-order chi connectivity index (χ0) is 17.6. The topological polar surface area (TPSA) is 84.5 Å². The van der Waals surface area contributed by atoms with Crippen LogP contribution < -0.4 is 10.2 Å². The summed E-state index contributed by atoms with van der Waals surface area (Å²) in [6.45, 7) is 5.41. The Balaban J connectivity index is 1.40. The number of carbonyl (C=O) groups excluding carboxylic acids is 1. The molecule has 1 aromatic heterocycles. The van der Waals surface area contributed by atoms with E-state index in [0.717, 1.165) is 37.3 Å². The van der Waals surface area contributed by atoms with E-state index in [4.69, 9.17) is 0 Å². The van der Waals surface area contributed by atoms with Gasteiger partial charge in [-0.2, -0.15) is 5.10 Å². The summed E-state index contributed by atoms with van der Waals surface area (Å²) in [5.41, 5.74) is 3.12. The predicted octanol–water partition coefficient (Wildman–Crippen LogP) is 1.89. The Kier molecular flexibility index (Phi) is 5.42. The van der Waals surface area contributed by atoms with E-state index >= 15 is 0 Å².